The van der Waals surface area contributed by atoms with Crippen molar-refractivity contribution in [1.82, 2.24) is 0 Å². The second kappa shape index (κ2) is 7.29. The van der Waals surface area contributed by atoms with E-state index in [0.717, 1.165) is 0 Å². The number of allylic oxidation sites excluding steroid dienone is 2. The molecule has 2 atom stereocenters. The number of rotatable bonds is 2. The van der Waals surface area contributed by atoms with Crippen molar-refractivity contribution >= 4 is 17.5 Å². The van der Waals surface area contributed by atoms with Crippen LogP contribution in [0.4, 0.5) is 0 Å². The number of aliphatic hydroxyl groups is 4. The molecule has 25 heavy (non-hydrogen) atoms. The molecule has 0 unspecified atom stereocenters. The number of esters is 1. The van der Waals surface area contributed by atoms with Gasteiger partial charge in [-0.25, -0.2) is 4.79 Å². The number of Topliss-reactive ketones (excluding diaryl/α,β-unsaturated/α-hetero) is 1. The molecule has 132 valence electrons. The summed E-state index contributed by atoms with van der Waals surface area (Å²) < 4.78 is 4.32. The Balaban J connectivity index is 0.000000181. The lowest BCUT2D eigenvalue weighted by Crippen LogP contribution is -2.31. The third-order valence-electron chi connectivity index (χ3n) is 3.62. The first-order chi connectivity index (χ1) is 11.8. The van der Waals surface area contributed by atoms with Crippen LogP contribution < -0.4 is 0 Å². The lowest BCUT2D eigenvalue weighted by Gasteiger charge is -2.13. The summed E-state index contributed by atoms with van der Waals surface area (Å²) in [5.41, 5.74) is 1.55. The summed E-state index contributed by atoms with van der Waals surface area (Å²) in [5, 5.41) is 35.0. The summed E-state index contributed by atoms with van der Waals surface area (Å²) >= 11 is 0. The highest BCUT2D eigenvalue weighted by Crippen LogP contribution is 2.21. The maximum Gasteiger partial charge on any atom is 0.377 e. The molecule has 0 saturated heterocycles. The molecule has 8 heteroatoms. The lowest BCUT2D eigenvalue weighted by atomic mass is 9.90. The minimum absolute atomic E-state index is 0.0461. The lowest BCUT2D eigenvalue weighted by molar-refractivity contribution is -0.147. The quantitative estimate of drug-likeness (QED) is 0.570. The molecule has 4 N–H and O–H groups in total. The monoisotopic (exact) mass is 348 g/mol. The molecule has 2 aliphatic rings. The molecule has 0 aromatic heterocycles. The molecule has 1 aromatic rings. The fourth-order valence-electron chi connectivity index (χ4n) is 2.27. The van der Waals surface area contributed by atoms with E-state index in [-0.39, 0.29) is 11.6 Å². The molecule has 0 bridgehead atoms. The van der Waals surface area contributed by atoms with E-state index in [9.17, 15) is 14.4 Å². The van der Waals surface area contributed by atoms with Crippen LogP contribution in [0.2, 0.25) is 0 Å². The predicted molar refractivity (Wildman–Crippen MR) is 84.1 cm³/mol. The van der Waals surface area contributed by atoms with Crippen LogP contribution >= 0.6 is 0 Å². The van der Waals surface area contributed by atoms with Crippen molar-refractivity contribution in [3.05, 3.63) is 58.6 Å². The molecule has 1 aromatic carbocycles. The van der Waals surface area contributed by atoms with Crippen molar-refractivity contribution in [2.45, 2.75) is 19.1 Å². The van der Waals surface area contributed by atoms with Crippen molar-refractivity contribution in [2.75, 3.05) is 6.61 Å². The number of ketones is 2. The van der Waals surface area contributed by atoms with Crippen LogP contribution in [-0.4, -0.2) is 56.8 Å². The van der Waals surface area contributed by atoms with E-state index in [1.54, 1.807) is 31.2 Å². The summed E-state index contributed by atoms with van der Waals surface area (Å²) in [7, 11) is 0. The highest BCUT2D eigenvalue weighted by molar-refractivity contribution is 6.24. The zero-order valence-electron chi connectivity index (χ0n) is 13.2. The van der Waals surface area contributed by atoms with Crippen LogP contribution in [-0.2, 0) is 9.53 Å². The second-order valence-corrected chi connectivity index (χ2v) is 5.38. The average Bonchev–Trinajstić information content (AvgIpc) is 2.87. The van der Waals surface area contributed by atoms with Gasteiger partial charge in [-0.15, -0.1) is 0 Å². The Morgan fingerprint density at radius 2 is 1.72 bits per heavy atom. The third-order valence-corrected chi connectivity index (χ3v) is 3.62. The normalized spacial score (nSPS) is 20.4. The minimum Gasteiger partial charge on any atom is -0.505 e. The molecule has 1 heterocycles. The molecule has 0 radical (unpaired) electrons. The van der Waals surface area contributed by atoms with E-state index >= 15 is 0 Å². The molecular weight excluding hydrogens is 332 g/mol. The van der Waals surface area contributed by atoms with Gasteiger partial charge in [0.25, 0.3) is 0 Å². The maximum absolute atomic E-state index is 11.5. The topological polar surface area (TPSA) is 141 Å². The highest BCUT2D eigenvalue weighted by Gasteiger charge is 2.38. The molecule has 0 fully saturated rings. The van der Waals surface area contributed by atoms with Gasteiger partial charge in [-0.05, 0) is 13.0 Å². The number of ether oxygens (including phenoxy) is 1. The van der Waals surface area contributed by atoms with Crippen molar-refractivity contribution in [1.29, 1.82) is 0 Å². The summed E-state index contributed by atoms with van der Waals surface area (Å²) in [5.74, 6) is -2.90. The van der Waals surface area contributed by atoms with Crippen LogP contribution in [0.25, 0.3) is 0 Å². The Morgan fingerprint density at radius 1 is 1.12 bits per heavy atom. The van der Waals surface area contributed by atoms with Gasteiger partial charge in [-0.1, -0.05) is 24.3 Å². The molecule has 0 spiro atoms. The second-order valence-electron chi connectivity index (χ2n) is 5.38. The number of fused-ring (bicyclic) bond motifs is 1. The molecule has 1 aliphatic carbocycles. The summed E-state index contributed by atoms with van der Waals surface area (Å²) in [6, 6.07) is 6.89. The fourth-order valence-corrected chi connectivity index (χ4v) is 2.27. The first kappa shape index (κ1) is 18.4. The predicted octanol–water partition coefficient (Wildman–Crippen LogP) is 0.605. The minimum atomic E-state index is -1.42. The molecule has 0 saturated carbocycles. The molecule has 1 aliphatic heterocycles. The fraction of sp³-hybridized carbons (Fsp3) is 0.235. The Bertz CT molecular complexity index is 790. The number of aliphatic hydroxyl groups excluding tert-OH is 4. The molecule has 0 amide bonds. The van der Waals surface area contributed by atoms with Gasteiger partial charge in [0.2, 0.25) is 5.76 Å². The van der Waals surface area contributed by atoms with Gasteiger partial charge < -0.3 is 25.2 Å². The number of cyclic esters (lactones) is 1. The first-order valence-corrected chi connectivity index (χ1v) is 7.26. The summed E-state index contributed by atoms with van der Waals surface area (Å²) in [6.45, 7) is 0.992. The Hall–Kier alpha value is -2.97. The van der Waals surface area contributed by atoms with E-state index < -0.39 is 36.3 Å². The number of hydrogen-bond acceptors (Lipinski definition) is 8. The maximum atomic E-state index is 11.5. The smallest absolute Gasteiger partial charge is 0.377 e. The zero-order valence-corrected chi connectivity index (χ0v) is 13.2. The van der Waals surface area contributed by atoms with E-state index in [4.69, 9.17) is 20.4 Å². The average molecular weight is 348 g/mol. The largest absolute Gasteiger partial charge is 0.505 e. The SMILES string of the molecule is CC1=CC(=O)c2ccccc2C1=O.O=C1O[C@H]([C@@H](O)CO)C(O)=C1O. The van der Waals surface area contributed by atoms with Crippen molar-refractivity contribution in [3.8, 4) is 0 Å². The van der Waals surface area contributed by atoms with Crippen LogP contribution in [0.3, 0.4) is 0 Å². The van der Waals surface area contributed by atoms with Crippen LogP contribution in [0.1, 0.15) is 27.6 Å². The Labute approximate surface area is 142 Å². The Morgan fingerprint density at radius 3 is 2.24 bits per heavy atom. The van der Waals surface area contributed by atoms with Crippen molar-refractivity contribution in [3.63, 3.8) is 0 Å². The summed E-state index contributed by atoms with van der Waals surface area (Å²) in [6.07, 6.45) is -1.38. The van der Waals surface area contributed by atoms with Gasteiger partial charge in [0.1, 0.15) is 6.10 Å². The van der Waals surface area contributed by atoms with Crippen molar-refractivity contribution in [2.24, 2.45) is 0 Å². The Kier molecular flexibility index (Phi) is 5.35. The first-order valence-electron chi connectivity index (χ1n) is 7.26. The number of carbonyl (C=O) groups excluding carboxylic acids is 3. The van der Waals surface area contributed by atoms with Gasteiger partial charge in [0.05, 0.1) is 6.61 Å². The van der Waals surface area contributed by atoms with Crippen LogP contribution in [0.15, 0.2) is 47.4 Å². The number of benzene rings is 1. The van der Waals surface area contributed by atoms with E-state index in [2.05, 4.69) is 4.74 Å². The summed E-state index contributed by atoms with van der Waals surface area (Å²) in [4.78, 5) is 33.5. The van der Waals surface area contributed by atoms with Gasteiger partial charge in [-0.3, -0.25) is 9.59 Å². The highest BCUT2D eigenvalue weighted by atomic mass is 16.6. The van der Waals surface area contributed by atoms with E-state index in [1.165, 1.54) is 6.08 Å². The van der Waals surface area contributed by atoms with Gasteiger partial charge in [0, 0.05) is 16.7 Å². The van der Waals surface area contributed by atoms with Gasteiger partial charge in [0.15, 0.2) is 23.4 Å². The van der Waals surface area contributed by atoms with E-state index in [1.807, 2.05) is 0 Å². The van der Waals surface area contributed by atoms with Crippen LogP contribution in [0, 0.1) is 0 Å². The zero-order chi connectivity index (χ0) is 18.7. The van der Waals surface area contributed by atoms with Crippen LogP contribution in [0.5, 0.6) is 0 Å². The molecule has 3 rings (SSSR count). The van der Waals surface area contributed by atoms with Gasteiger partial charge in [-0.2, -0.15) is 0 Å². The van der Waals surface area contributed by atoms with Crippen molar-refractivity contribution < 1.29 is 39.5 Å². The molecular formula is C17H16O8. The van der Waals surface area contributed by atoms with Gasteiger partial charge >= 0.3 is 5.97 Å². The number of carbonyl (C=O) groups is 3. The standard InChI is InChI=1S/C11H8O2.C6H8O6/c1-7-6-10(12)8-4-2-3-5-9(8)11(7)13;7-1-2(8)5-3(9)4(10)6(11)12-5/h2-6H,1H3;2,5,7-10H,1H2/t;2-,5+/m.0/s1. The number of hydrogen-bond donors (Lipinski definition) is 4. The third kappa shape index (κ3) is 3.59. The molecule has 8 nitrogen and oxygen atoms in total. The van der Waals surface area contributed by atoms with E-state index in [0.29, 0.717) is 16.7 Å².